The molecule has 0 radical (unpaired) electrons. The number of carbonyl (C=O) groups is 2. The summed E-state index contributed by atoms with van der Waals surface area (Å²) in [7, 11) is 5.16. The molecule has 1 aromatic heterocycles. The normalized spacial score (nSPS) is 10.7. The highest BCUT2D eigenvalue weighted by atomic mass is 16.4. The second-order valence-corrected chi connectivity index (χ2v) is 4.49. The molecule has 1 heterocycles. The first-order valence-electron chi connectivity index (χ1n) is 5.52. The Morgan fingerprint density at radius 3 is 2.39 bits per heavy atom. The molecule has 0 saturated heterocycles. The van der Waals surface area contributed by atoms with Gasteiger partial charge in [0, 0.05) is 19.7 Å². The Kier molecular flexibility index (Phi) is 4.49. The van der Waals surface area contributed by atoms with Gasteiger partial charge in [-0.3, -0.25) is 9.69 Å². The van der Waals surface area contributed by atoms with Crippen molar-refractivity contribution < 1.29 is 19.1 Å². The van der Waals surface area contributed by atoms with Crippen LogP contribution in [0.25, 0.3) is 0 Å². The van der Waals surface area contributed by atoms with Crippen molar-refractivity contribution in [2.24, 2.45) is 0 Å². The molecule has 6 heteroatoms. The van der Waals surface area contributed by atoms with Gasteiger partial charge in [0.15, 0.2) is 0 Å². The van der Waals surface area contributed by atoms with Gasteiger partial charge in [0.2, 0.25) is 11.7 Å². The molecule has 0 aliphatic heterocycles. The third kappa shape index (κ3) is 3.59. The molecule has 100 valence electrons. The van der Waals surface area contributed by atoms with E-state index in [0.29, 0.717) is 17.9 Å². The van der Waals surface area contributed by atoms with Crippen molar-refractivity contribution in [3.8, 4) is 0 Å². The topological polar surface area (TPSA) is 74.0 Å². The van der Waals surface area contributed by atoms with E-state index in [-0.39, 0.29) is 18.2 Å². The van der Waals surface area contributed by atoms with Gasteiger partial charge in [-0.1, -0.05) is 0 Å². The molecular formula is C12H18N2O4. The molecule has 0 spiro atoms. The maximum atomic E-state index is 11.5. The molecule has 0 aliphatic rings. The van der Waals surface area contributed by atoms with Crippen LogP contribution >= 0.6 is 0 Å². The number of carboxylic acid groups (broad SMARTS) is 1. The third-order valence-corrected chi connectivity index (χ3v) is 2.49. The molecule has 0 unspecified atom stereocenters. The van der Waals surface area contributed by atoms with E-state index in [4.69, 9.17) is 9.52 Å². The van der Waals surface area contributed by atoms with Gasteiger partial charge >= 0.3 is 5.97 Å². The van der Waals surface area contributed by atoms with Crippen LogP contribution in [0, 0.1) is 6.92 Å². The highest BCUT2D eigenvalue weighted by Gasteiger charge is 2.16. The number of carboxylic acids is 1. The summed E-state index contributed by atoms with van der Waals surface area (Å²) >= 11 is 0. The smallest absolute Gasteiger partial charge is 0.372 e. The highest BCUT2D eigenvalue weighted by Crippen LogP contribution is 2.15. The van der Waals surface area contributed by atoms with Gasteiger partial charge in [0.1, 0.15) is 5.76 Å². The van der Waals surface area contributed by atoms with E-state index in [1.54, 1.807) is 39.0 Å². The van der Waals surface area contributed by atoms with Gasteiger partial charge in [-0.25, -0.2) is 4.79 Å². The number of likely N-dealkylation sites (N-methyl/N-ethyl adjacent to an activating group) is 2. The molecule has 1 rings (SSSR count). The zero-order valence-corrected chi connectivity index (χ0v) is 11.1. The monoisotopic (exact) mass is 254 g/mol. The molecular weight excluding hydrogens is 236 g/mol. The molecule has 1 aromatic rings. The van der Waals surface area contributed by atoms with E-state index in [0.717, 1.165) is 0 Å². The Balaban J connectivity index is 2.65. The predicted octanol–water partition coefficient (Wildman–Crippen LogP) is 0.806. The van der Waals surface area contributed by atoms with E-state index < -0.39 is 5.97 Å². The van der Waals surface area contributed by atoms with Crippen molar-refractivity contribution in [3.63, 3.8) is 0 Å². The summed E-state index contributed by atoms with van der Waals surface area (Å²) in [4.78, 5) is 25.6. The molecule has 6 nitrogen and oxygen atoms in total. The van der Waals surface area contributed by atoms with Crippen LogP contribution in [0.4, 0.5) is 0 Å². The van der Waals surface area contributed by atoms with Crippen LogP contribution in [-0.2, 0) is 11.3 Å². The minimum absolute atomic E-state index is 0.0146. The largest absolute Gasteiger partial charge is 0.475 e. The Morgan fingerprint density at radius 2 is 1.94 bits per heavy atom. The molecule has 0 atom stereocenters. The molecule has 1 amide bonds. The van der Waals surface area contributed by atoms with Crippen molar-refractivity contribution in [3.05, 3.63) is 23.2 Å². The van der Waals surface area contributed by atoms with Gasteiger partial charge in [0.25, 0.3) is 0 Å². The van der Waals surface area contributed by atoms with Crippen molar-refractivity contribution in [1.29, 1.82) is 0 Å². The fraction of sp³-hybridized carbons (Fsp3) is 0.500. The first-order valence-corrected chi connectivity index (χ1v) is 5.52. The van der Waals surface area contributed by atoms with Gasteiger partial charge in [0.05, 0.1) is 13.1 Å². The van der Waals surface area contributed by atoms with Crippen LogP contribution in [0.5, 0.6) is 0 Å². The van der Waals surface area contributed by atoms with Crippen LogP contribution in [0.2, 0.25) is 0 Å². The summed E-state index contributed by atoms with van der Waals surface area (Å²) in [6.07, 6.45) is 0. The second kappa shape index (κ2) is 5.68. The zero-order chi connectivity index (χ0) is 13.9. The molecule has 0 bridgehead atoms. The number of aryl methyl sites for hydroxylation is 1. The van der Waals surface area contributed by atoms with Crippen LogP contribution in [-0.4, -0.2) is 54.5 Å². The standard InChI is InChI=1S/C12H18N2O4/c1-8-5-9(18-11(8)12(16)17)6-14(4)7-10(15)13(2)3/h5H,6-7H2,1-4H3,(H,16,17). The second-order valence-electron chi connectivity index (χ2n) is 4.49. The molecule has 0 aliphatic carbocycles. The Bertz CT molecular complexity index is 451. The quantitative estimate of drug-likeness (QED) is 0.841. The minimum Gasteiger partial charge on any atom is -0.475 e. The first kappa shape index (κ1) is 14.2. The minimum atomic E-state index is -1.08. The van der Waals surface area contributed by atoms with E-state index in [1.165, 1.54) is 4.90 Å². The van der Waals surface area contributed by atoms with E-state index in [1.807, 2.05) is 0 Å². The van der Waals surface area contributed by atoms with Crippen LogP contribution in [0.15, 0.2) is 10.5 Å². The predicted molar refractivity (Wildman–Crippen MR) is 65.4 cm³/mol. The lowest BCUT2D eigenvalue weighted by Crippen LogP contribution is -2.33. The van der Waals surface area contributed by atoms with E-state index in [2.05, 4.69) is 0 Å². The molecule has 0 saturated carbocycles. The van der Waals surface area contributed by atoms with Gasteiger partial charge in [-0.2, -0.15) is 0 Å². The number of aromatic carboxylic acids is 1. The average Bonchev–Trinajstić information content (AvgIpc) is 2.58. The maximum Gasteiger partial charge on any atom is 0.372 e. The Hall–Kier alpha value is -1.82. The Labute approximate surface area is 106 Å². The summed E-state index contributed by atoms with van der Waals surface area (Å²) in [6.45, 7) is 2.34. The number of carbonyl (C=O) groups excluding carboxylic acids is 1. The molecule has 18 heavy (non-hydrogen) atoms. The lowest BCUT2D eigenvalue weighted by molar-refractivity contribution is -0.129. The number of hydrogen-bond donors (Lipinski definition) is 1. The summed E-state index contributed by atoms with van der Waals surface area (Å²) in [5.41, 5.74) is 0.588. The summed E-state index contributed by atoms with van der Waals surface area (Å²) in [5.74, 6) is -0.596. The maximum absolute atomic E-state index is 11.5. The third-order valence-electron chi connectivity index (χ3n) is 2.49. The lowest BCUT2D eigenvalue weighted by Gasteiger charge is -2.17. The summed E-state index contributed by atoms with van der Waals surface area (Å²) in [6, 6.07) is 1.68. The fourth-order valence-corrected chi connectivity index (χ4v) is 1.53. The molecule has 0 fully saturated rings. The first-order chi connectivity index (χ1) is 8.31. The van der Waals surface area contributed by atoms with Crippen LogP contribution < -0.4 is 0 Å². The van der Waals surface area contributed by atoms with Crippen molar-refractivity contribution in [2.45, 2.75) is 13.5 Å². The molecule has 1 N–H and O–H groups in total. The van der Waals surface area contributed by atoms with Gasteiger partial charge in [-0.15, -0.1) is 0 Å². The van der Waals surface area contributed by atoms with Crippen molar-refractivity contribution >= 4 is 11.9 Å². The summed E-state index contributed by atoms with van der Waals surface area (Å²) < 4.78 is 5.22. The lowest BCUT2D eigenvalue weighted by atomic mass is 10.2. The zero-order valence-electron chi connectivity index (χ0n) is 11.1. The SMILES string of the molecule is Cc1cc(CN(C)CC(=O)N(C)C)oc1C(=O)O. The Morgan fingerprint density at radius 1 is 1.33 bits per heavy atom. The number of nitrogens with zero attached hydrogens (tertiary/aromatic N) is 2. The van der Waals surface area contributed by atoms with Crippen LogP contribution in [0.1, 0.15) is 21.9 Å². The number of amides is 1. The van der Waals surface area contributed by atoms with Crippen molar-refractivity contribution in [2.75, 3.05) is 27.7 Å². The van der Waals surface area contributed by atoms with E-state index in [9.17, 15) is 9.59 Å². The van der Waals surface area contributed by atoms with Crippen LogP contribution in [0.3, 0.4) is 0 Å². The number of furan rings is 1. The van der Waals surface area contributed by atoms with E-state index >= 15 is 0 Å². The average molecular weight is 254 g/mol. The van der Waals surface area contributed by atoms with Gasteiger partial charge < -0.3 is 14.4 Å². The fourth-order valence-electron chi connectivity index (χ4n) is 1.53. The summed E-state index contributed by atoms with van der Waals surface area (Å²) in [5, 5.41) is 8.86. The van der Waals surface area contributed by atoms with Gasteiger partial charge in [-0.05, 0) is 20.0 Å². The number of hydrogen-bond acceptors (Lipinski definition) is 4. The molecule has 0 aromatic carbocycles. The van der Waals surface area contributed by atoms with Crippen molar-refractivity contribution in [1.82, 2.24) is 9.80 Å². The highest BCUT2D eigenvalue weighted by molar-refractivity contribution is 5.86. The number of rotatable bonds is 5.